The van der Waals surface area contributed by atoms with E-state index in [-0.39, 0.29) is 28.2 Å². The maximum Gasteiger partial charge on any atom is 0.261 e. The molecule has 1 saturated heterocycles. The van der Waals surface area contributed by atoms with Crippen molar-refractivity contribution in [1.29, 1.82) is 0 Å². The van der Waals surface area contributed by atoms with E-state index in [1.54, 1.807) is 16.4 Å². The summed E-state index contributed by atoms with van der Waals surface area (Å²) in [6.45, 7) is 10.9. The highest BCUT2D eigenvalue weighted by atomic mass is 32.2. The van der Waals surface area contributed by atoms with Crippen molar-refractivity contribution in [3.8, 4) is 0 Å². The molecule has 1 aliphatic heterocycles. The van der Waals surface area contributed by atoms with E-state index < -0.39 is 24.4 Å². The smallest absolute Gasteiger partial charge is 0.261 e. The number of benzene rings is 3. The van der Waals surface area contributed by atoms with Crippen LogP contribution in [0.15, 0.2) is 101 Å². The van der Waals surface area contributed by atoms with Crippen molar-refractivity contribution in [2.75, 3.05) is 6.54 Å². The van der Waals surface area contributed by atoms with Gasteiger partial charge in [-0.15, -0.1) is 0 Å². The summed E-state index contributed by atoms with van der Waals surface area (Å²) in [5, 5.41) is 2.11. The maximum absolute atomic E-state index is 13.9. The molecule has 1 fully saturated rings. The topological polar surface area (TPSA) is 63.7 Å². The molecule has 0 amide bonds. The van der Waals surface area contributed by atoms with Gasteiger partial charge < -0.3 is 4.43 Å². The number of hydrogen-bond acceptors (Lipinski definition) is 4. The number of sulfonamides is 1. The van der Waals surface area contributed by atoms with E-state index in [2.05, 4.69) is 69.3 Å². The number of ketones is 1. The SMILES string of the molecule is CCC1=C2[C@H](O[Si](c3ccccc3)(c3ccccc3)C(C)(C)C)CCN(S(=O)(=O)c3ccc(C)cc3)[C@H]2CC1=O. The molecule has 5 rings (SSSR count). The average Bonchev–Trinajstić information content (AvgIpc) is 3.28. The number of piperidine rings is 1. The number of hydrogen-bond donors (Lipinski definition) is 0. The zero-order chi connectivity index (χ0) is 28.7. The van der Waals surface area contributed by atoms with Crippen LogP contribution in [0.2, 0.25) is 5.04 Å². The van der Waals surface area contributed by atoms with E-state index >= 15 is 0 Å². The molecule has 0 N–H and O–H groups in total. The van der Waals surface area contributed by atoms with E-state index in [0.717, 1.165) is 16.7 Å². The third-order valence-corrected chi connectivity index (χ3v) is 15.4. The van der Waals surface area contributed by atoms with Crippen LogP contribution < -0.4 is 10.4 Å². The Kier molecular flexibility index (Phi) is 7.78. The Bertz CT molecular complexity index is 1470. The second-order valence-corrected chi connectivity index (χ2v) is 18.1. The summed E-state index contributed by atoms with van der Waals surface area (Å²) < 4.78 is 36.8. The molecule has 0 saturated carbocycles. The first-order chi connectivity index (χ1) is 19.0. The quantitative estimate of drug-likeness (QED) is 0.356. The first-order valence-corrected chi connectivity index (χ1v) is 17.5. The van der Waals surface area contributed by atoms with Gasteiger partial charge in [-0.25, -0.2) is 8.42 Å². The van der Waals surface area contributed by atoms with Crippen molar-refractivity contribution in [2.45, 2.75) is 76.0 Å². The molecule has 0 bridgehead atoms. The van der Waals surface area contributed by atoms with Crippen molar-refractivity contribution in [3.05, 3.63) is 102 Å². The van der Waals surface area contributed by atoms with Gasteiger partial charge in [0.1, 0.15) is 0 Å². The molecule has 2 aliphatic rings. The van der Waals surface area contributed by atoms with Crippen molar-refractivity contribution >= 4 is 34.5 Å². The zero-order valence-corrected chi connectivity index (χ0v) is 25.9. The normalized spacial score (nSPS) is 20.6. The fourth-order valence-corrected chi connectivity index (χ4v) is 12.9. The number of carbonyl (C=O) groups is 1. The van der Waals surface area contributed by atoms with Gasteiger partial charge in [-0.1, -0.05) is 106 Å². The van der Waals surface area contributed by atoms with Gasteiger partial charge in [-0.3, -0.25) is 4.79 Å². The summed E-state index contributed by atoms with van der Waals surface area (Å²) in [7, 11) is -6.70. The van der Waals surface area contributed by atoms with Crippen molar-refractivity contribution < 1.29 is 17.6 Å². The van der Waals surface area contributed by atoms with Gasteiger partial charge in [0, 0.05) is 13.0 Å². The van der Waals surface area contributed by atoms with Crippen LogP contribution >= 0.6 is 0 Å². The number of Topliss-reactive ketones (excluding diaryl/α,β-unsaturated/α-hetero) is 1. The molecule has 2 atom stereocenters. The fourth-order valence-electron chi connectivity index (χ4n) is 6.55. The van der Waals surface area contributed by atoms with Gasteiger partial charge in [0.25, 0.3) is 8.32 Å². The van der Waals surface area contributed by atoms with Crippen molar-refractivity contribution in [3.63, 3.8) is 0 Å². The Morgan fingerprint density at radius 2 is 1.45 bits per heavy atom. The van der Waals surface area contributed by atoms with Crippen LogP contribution in [0.4, 0.5) is 0 Å². The molecular weight excluding hydrogens is 535 g/mol. The highest BCUT2D eigenvalue weighted by Crippen LogP contribution is 2.44. The minimum Gasteiger partial charge on any atom is -0.401 e. The number of fused-ring (bicyclic) bond motifs is 1. The Morgan fingerprint density at radius 1 is 0.900 bits per heavy atom. The molecule has 0 unspecified atom stereocenters. The van der Waals surface area contributed by atoms with Gasteiger partial charge in [0.15, 0.2) is 5.78 Å². The maximum atomic E-state index is 13.9. The van der Waals surface area contributed by atoms with Gasteiger partial charge in [-0.05, 0) is 58.5 Å². The van der Waals surface area contributed by atoms with E-state index in [9.17, 15) is 13.2 Å². The summed E-state index contributed by atoms with van der Waals surface area (Å²) in [6.07, 6.45) is 0.883. The Balaban J connectivity index is 1.63. The number of carbonyl (C=O) groups excluding carboxylic acids is 1. The Hall–Kier alpha value is -2.84. The third-order valence-electron chi connectivity index (χ3n) is 8.45. The van der Waals surface area contributed by atoms with Crippen LogP contribution in [0.25, 0.3) is 0 Å². The minimum absolute atomic E-state index is 0.0320. The lowest BCUT2D eigenvalue weighted by atomic mass is 9.95. The van der Waals surface area contributed by atoms with Crippen LogP contribution in [0, 0.1) is 6.92 Å². The summed E-state index contributed by atoms with van der Waals surface area (Å²) in [6, 6.07) is 27.4. The number of allylic oxidation sites excluding steroid dienone is 1. The molecule has 40 heavy (non-hydrogen) atoms. The number of rotatable bonds is 7. The Labute approximate surface area is 240 Å². The molecule has 5 nitrogen and oxygen atoms in total. The molecule has 0 radical (unpaired) electrons. The number of aryl methyl sites for hydroxylation is 1. The third kappa shape index (κ3) is 4.83. The predicted octanol–water partition coefficient (Wildman–Crippen LogP) is 5.38. The molecule has 7 heteroatoms. The molecular formula is C33H39NO4SSi. The lowest BCUT2D eigenvalue weighted by Gasteiger charge is -2.48. The van der Waals surface area contributed by atoms with Gasteiger partial charge in [0.05, 0.1) is 17.0 Å². The van der Waals surface area contributed by atoms with Crippen molar-refractivity contribution in [2.24, 2.45) is 0 Å². The Morgan fingerprint density at radius 3 is 1.95 bits per heavy atom. The lowest BCUT2D eigenvalue weighted by molar-refractivity contribution is -0.115. The highest BCUT2D eigenvalue weighted by Gasteiger charge is 2.55. The summed E-state index contributed by atoms with van der Waals surface area (Å²) in [5.74, 6) is 0.0320. The highest BCUT2D eigenvalue weighted by molar-refractivity contribution is 7.89. The fraction of sp³-hybridized carbons (Fsp3) is 0.364. The molecule has 3 aromatic rings. The van der Waals surface area contributed by atoms with Gasteiger partial charge in [-0.2, -0.15) is 4.31 Å². The van der Waals surface area contributed by atoms with Gasteiger partial charge >= 0.3 is 0 Å². The molecule has 0 aromatic heterocycles. The minimum atomic E-state index is -3.79. The van der Waals surface area contributed by atoms with Crippen LogP contribution in [0.3, 0.4) is 0 Å². The molecule has 1 heterocycles. The van der Waals surface area contributed by atoms with E-state index in [1.807, 2.05) is 38.1 Å². The van der Waals surface area contributed by atoms with E-state index in [4.69, 9.17) is 4.43 Å². The van der Waals surface area contributed by atoms with Crippen LogP contribution in [0.5, 0.6) is 0 Å². The summed E-state index contributed by atoms with van der Waals surface area (Å²) in [4.78, 5) is 13.6. The van der Waals surface area contributed by atoms with Crippen molar-refractivity contribution in [1.82, 2.24) is 4.31 Å². The first kappa shape index (κ1) is 28.7. The summed E-state index contributed by atoms with van der Waals surface area (Å²) >= 11 is 0. The summed E-state index contributed by atoms with van der Waals surface area (Å²) in [5.41, 5.74) is 2.60. The van der Waals surface area contributed by atoms with E-state index in [1.165, 1.54) is 10.4 Å². The first-order valence-electron chi connectivity index (χ1n) is 14.1. The van der Waals surface area contributed by atoms with Crippen LogP contribution in [-0.4, -0.2) is 45.5 Å². The lowest BCUT2D eigenvalue weighted by Crippen LogP contribution is -2.68. The predicted molar refractivity (Wildman–Crippen MR) is 163 cm³/mol. The largest absolute Gasteiger partial charge is 0.401 e. The monoisotopic (exact) mass is 573 g/mol. The molecule has 1 aliphatic carbocycles. The average molecular weight is 574 g/mol. The zero-order valence-electron chi connectivity index (χ0n) is 24.1. The molecule has 210 valence electrons. The molecule has 0 spiro atoms. The molecule has 3 aromatic carbocycles. The van der Waals surface area contributed by atoms with Crippen LogP contribution in [0.1, 0.15) is 52.5 Å². The van der Waals surface area contributed by atoms with E-state index in [0.29, 0.717) is 19.4 Å². The second kappa shape index (κ2) is 10.9. The van der Waals surface area contributed by atoms with Crippen LogP contribution in [-0.2, 0) is 19.2 Å². The standard InChI is InChI=1S/C33H39NO4SSi/c1-6-28-30(35)23-29-32(28)31(21-22-34(29)39(36,37)25-19-17-24(2)18-20-25)38-40(33(3,4)5,26-13-9-7-10-14-26)27-15-11-8-12-16-27/h7-20,29,31H,6,21-23H2,1-5H3/t29-,31+/m0/s1. The second-order valence-electron chi connectivity index (χ2n) is 11.9. The number of nitrogens with zero attached hydrogens (tertiary/aromatic N) is 1. The van der Waals surface area contributed by atoms with Gasteiger partial charge in [0.2, 0.25) is 10.0 Å².